The predicted octanol–water partition coefficient (Wildman–Crippen LogP) is 2.57. The molecule has 0 bridgehead atoms. The lowest BCUT2D eigenvalue weighted by Gasteiger charge is -2.32. The summed E-state index contributed by atoms with van der Waals surface area (Å²) >= 11 is 6.22. The molecule has 1 heterocycles. The van der Waals surface area contributed by atoms with Gasteiger partial charge in [0.25, 0.3) is 0 Å². The molecule has 4 nitrogen and oxygen atoms in total. The van der Waals surface area contributed by atoms with Gasteiger partial charge in [0.05, 0.1) is 19.2 Å². The fraction of sp³-hybridized carbons (Fsp3) is 0.571. The van der Waals surface area contributed by atoms with Crippen LogP contribution in [0.25, 0.3) is 0 Å². The lowest BCUT2D eigenvalue weighted by atomic mass is 10.1. The second-order valence-corrected chi connectivity index (χ2v) is 5.31. The third-order valence-electron chi connectivity index (χ3n) is 3.35. The maximum atomic E-state index is 6.22. The van der Waals surface area contributed by atoms with Crippen LogP contribution in [0, 0.1) is 0 Å². The van der Waals surface area contributed by atoms with Crippen LogP contribution in [-0.4, -0.2) is 44.8 Å². The third kappa shape index (κ3) is 4.16. The van der Waals surface area contributed by atoms with E-state index in [1.807, 2.05) is 12.1 Å². The molecule has 0 amide bonds. The highest BCUT2D eigenvalue weighted by Crippen LogP contribution is 2.36. The van der Waals surface area contributed by atoms with Gasteiger partial charge in [-0.1, -0.05) is 11.6 Å². The standard InChI is InChI=1S/C14H21ClN2O2.ClH/c1-10-8-17(5-4-16-10)9-11-6-12(15)14(19-3)13(7-11)18-2;/h6-7,10,16H,4-5,8-9H2,1-3H3;1H. The zero-order valence-corrected chi connectivity index (χ0v) is 13.7. The molecule has 0 aromatic heterocycles. The van der Waals surface area contributed by atoms with Crippen LogP contribution in [0.2, 0.25) is 5.02 Å². The average Bonchev–Trinajstić information content (AvgIpc) is 2.38. The summed E-state index contributed by atoms with van der Waals surface area (Å²) in [7, 11) is 3.23. The van der Waals surface area contributed by atoms with E-state index in [1.165, 1.54) is 0 Å². The minimum absolute atomic E-state index is 0. The molecule has 2 rings (SSSR count). The van der Waals surface area contributed by atoms with Crippen LogP contribution >= 0.6 is 24.0 Å². The summed E-state index contributed by atoms with van der Waals surface area (Å²) in [5, 5.41) is 4.03. The smallest absolute Gasteiger partial charge is 0.179 e. The number of hydrogen-bond acceptors (Lipinski definition) is 4. The van der Waals surface area contributed by atoms with Gasteiger partial charge in [0.1, 0.15) is 0 Å². The number of benzene rings is 1. The van der Waals surface area contributed by atoms with E-state index in [0.29, 0.717) is 22.6 Å². The van der Waals surface area contributed by atoms with Gasteiger partial charge < -0.3 is 14.8 Å². The van der Waals surface area contributed by atoms with Crippen molar-refractivity contribution in [3.05, 3.63) is 22.7 Å². The number of nitrogens with one attached hydrogen (secondary N) is 1. The SMILES string of the molecule is COc1cc(CN2CCNC(C)C2)cc(Cl)c1OC.Cl. The van der Waals surface area contributed by atoms with Crippen molar-refractivity contribution in [1.29, 1.82) is 0 Å². The Morgan fingerprint density at radius 2 is 2.10 bits per heavy atom. The third-order valence-corrected chi connectivity index (χ3v) is 3.63. The van der Waals surface area contributed by atoms with Gasteiger partial charge in [0, 0.05) is 32.2 Å². The van der Waals surface area contributed by atoms with Crippen molar-refractivity contribution in [3.63, 3.8) is 0 Å². The van der Waals surface area contributed by atoms with E-state index in [4.69, 9.17) is 21.1 Å². The minimum atomic E-state index is 0. The molecular weight excluding hydrogens is 299 g/mol. The molecule has 1 aliphatic rings. The van der Waals surface area contributed by atoms with E-state index in [1.54, 1.807) is 14.2 Å². The second-order valence-electron chi connectivity index (χ2n) is 4.90. The molecule has 1 aliphatic heterocycles. The number of halogens is 2. The highest BCUT2D eigenvalue weighted by molar-refractivity contribution is 6.32. The first-order valence-electron chi connectivity index (χ1n) is 6.50. The molecule has 6 heteroatoms. The van der Waals surface area contributed by atoms with Crippen LogP contribution in [-0.2, 0) is 6.54 Å². The Hall–Kier alpha value is -0.680. The Morgan fingerprint density at radius 1 is 1.35 bits per heavy atom. The van der Waals surface area contributed by atoms with Gasteiger partial charge in [-0.15, -0.1) is 12.4 Å². The molecular formula is C14H22Cl2N2O2. The largest absolute Gasteiger partial charge is 0.493 e. The summed E-state index contributed by atoms with van der Waals surface area (Å²) in [6.07, 6.45) is 0. The van der Waals surface area contributed by atoms with Crippen LogP contribution in [0.5, 0.6) is 11.5 Å². The quantitative estimate of drug-likeness (QED) is 0.924. The molecule has 0 aliphatic carbocycles. The van der Waals surface area contributed by atoms with Gasteiger partial charge in [0.15, 0.2) is 11.5 Å². The van der Waals surface area contributed by atoms with Gasteiger partial charge >= 0.3 is 0 Å². The predicted molar refractivity (Wildman–Crippen MR) is 84.5 cm³/mol. The monoisotopic (exact) mass is 320 g/mol. The number of methoxy groups -OCH3 is 2. The van der Waals surface area contributed by atoms with Gasteiger partial charge in [-0.3, -0.25) is 4.90 Å². The first-order chi connectivity index (χ1) is 9.13. The lowest BCUT2D eigenvalue weighted by Crippen LogP contribution is -2.48. The van der Waals surface area contributed by atoms with Crippen molar-refractivity contribution in [2.75, 3.05) is 33.9 Å². The van der Waals surface area contributed by atoms with Crippen LogP contribution in [0.1, 0.15) is 12.5 Å². The van der Waals surface area contributed by atoms with E-state index in [0.717, 1.165) is 31.7 Å². The van der Waals surface area contributed by atoms with E-state index in [2.05, 4.69) is 17.1 Å². The summed E-state index contributed by atoms with van der Waals surface area (Å²) in [5.41, 5.74) is 1.15. The highest BCUT2D eigenvalue weighted by Gasteiger charge is 2.17. The normalized spacial score (nSPS) is 19.3. The maximum absolute atomic E-state index is 6.22. The summed E-state index contributed by atoms with van der Waals surface area (Å²) < 4.78 is 10.6. The van der Waals surface area contributed by atoms with Gasteiger partial charge in [-0.2, -0.15) is 0 Å². The zero-order valence-electron chi connectivity index (χ0n) is 12.1. The first kappa shape index (κ1) is 17.4. The maximum Gasteiger partial charge on any atom is 0.179 e. The van der Waals surface area contributed by atoms with Crippen LogP contribution in [0.15, 0.2) is 12.1 Å². The first-order valence-corrected chi connectivity index (χ1v) is 6.88. The molecule has 0 radical (unpaired) electrons. The van der Waals surface area contributed by atoms with Crippen LogP contribution in [0.4, 0.5) is 0 Å². The van der Waals surface area contributed by atoms with Gasteiger partial charge in [0.2, 0.25) is 0 Å². The Morgan fingerprint density at radius 3 is 2.70 bits per heavy atom. The Bertz CT molecular complexity index is 443. The molecule has 1 fully saturated rings. The minimum Gasteiger partial charge on any atom is -0.493 e. The van der Waals surface area contributed by atoms with Gasteiger partial charge in [-0.05, 0) is 24.6 Å². The molecule has 1 N–H and O–H groups in total. The van der Waals surface area contributed by atoms with Crippen molar-refractivity contribution in [2.45, 2.75) is 19.5 Å². The number of hydrogen-bond donors (Lipinski definition) is 1. The number of piperazine rings is 1. The molecule has 1 aromatic rings. The summed E-state index contributed by atoms with van der Waals surface area (Å²) in [5.74, 6) is 1.29. The summed E-state index contributed by atoms with van der Waals surface area (Å²) in [4.78, 5) is 2.42. The van der Waals surface area contributed by atoms with Crippen molar-refractivity contribution < 1.29 is 9.47 Å². The number of nitrogens with zero attached hydrogens (tertiary/aromatic N) is 1. The van der Waals surface area contributed by atoms with Crippen molar-refractivity contribution >= 4 is 24.0 Å². The van der Waals surface area contributed by atoms with Crippen molar-refractivity contribution in [1.82, 2.24) is 10.2 Å². The molecule has 1 aromatic carbocycles. The molecule has 1 atom stereocenters. The topological polar surface area (TPSA) is 33.7 Å². The van der Waals surface area contributed by atoms with Crippen LogP contribution < -0.4 is 14.8 Å². The lowest BCUT2D eigenvalue weighted by molar-refractivity contribution is 0.199. The fourth-order valence-corrected chi connectivity index (χ4v) is 2.79. The molecule has 1 unspecified atom stereocenters. The van der Waals surface area contributed by atoms with E-state index >= 15 is 0 Å². The van der Waals surface area contributed by atoms with E-state index in [-0.39, 0.29) is 12.4 Å². The van der Waals surface area contributed by atoms with Crippen molar-refractivity contribution in [3.8, 4) is 11.5 Å². The molecule has 20 heavy (non-hydrogen) atoms. The second kappa shape index (κ2) is 7.93. The summed E-state index contributed by atoms with van der Waals surface area (Å²) in [6, 6.07) is 4.48. The molecule has 1 saturated heterocycles. The molecule has 0 spiro atoms. The highest BCUT2D eigenvalue weighted by atomic mass is 35.5. The Balaban J connectivity index is 0.00000200. The van der Waals surface area contributed by atoms with Gasteiger partial charge in [-0.25, -0.2) is 0 Å². The number of ether oxygens (including phenoxy) is 2. The van der Waals surface area contributed by atoms with E-state index in [9.17, 15) is 0 Å². The number of rotatable bonds is 4. The van der Waals surface area contributed by atoms with E-state index < -0.39 is 0 Å². The Labute approximate surface area is 131 Å². The molecule has 114 valence electrons. The summed E-state index contributed by atoms with van der Waals surface area (Å²) in [6.45, 7) is 6.21. The zero-order chi connectivity index (χ0) is 13.8. The average molecular weight is 321 g/mol. The van der Waals surface area contributed by atoms with Crippen molar-refractivity contribution in [2.24, 2.45) is 0 Å². The molecule has 0 saturated carbocycles. The van der Waals surface area contributed by atoms with Crippen LogP contribution in [0.3, 0.4) is 0 Å². The fourth-order valence-electron chi connectivity index (χ4n) is 2.48. The Kier molecular flexibility index (Phi) is 6.89.